The Morgan fingerprint density at radius 3 is 2.65 bits per heavy atom. The first-order chi connectivity index (χ1) is 11.2. The van der Waals surface area contributed by atoms with Gasteiger partial charge in [-0.25, -0.2) is 0 Å². The van der Waals surface area contributed by atoms with Crippen molar-refractivity contribution in [3.63, 3.8) is 0 Å². The molecule has 2 heterocycles. The highest BCUT2D eigenvalue weighted by Gasteiger charge is 2.22. The van der Waals surface area contributed by atoms with Crippen LogP contribution in [0.25, 0.3) is 0 Å². The molecule has 1 saturated heterocycles. The Morgan fingerprint density at radius 2 is 1.96 bits per heavy atom. The van der Waals surface area contributed by atoms with Crippen LogP contribution in [-0.4, -0.2) is 49.2 Å². The summed E-state index contributed by atoms with van der Waals surface area (Å²) in [6.07, 6.45) is 1.74. The lowest BCUT2D eigenvalue weighted by molar-refractivity contribution is -0.0705. The van der Waals surface area contributed by atoms with Gasteiger partial charge in [0, 0.05) is 39.3 Å². The fourth-order valence-electron chi connectivity index (χ4n) is 3.37. The van der Waals surface area contributed by atoms with Crippen LogP contribution in [0.1, 0.15) is 31.4 Å². The van der Waals surface area contributed by atoms with Crippen LogP contribution in [-0.2, 0) is 17.8 Å². The molecule has 2 N–H and O–H groups in total. The molecule has 3 rings (SSSR count). The number of ether oxygens (including phenoxy) is 1. The lowest BCUT2D eigenvalue weighted by atomic mass is 10.1. The maximum Gasteiger partial charge on any atom is 0.191 e. The normalized spacial score (nSPS) is 25.6. The summed E-state index contributed by atoms with van der Waals surface area (Å²) in [5.41, 5.74) is 2.73. The maximum atomic E-state index is 5.83. The number of guanidine groups is 1. The molecule has 5 nitrogen and oxygen atoms in total. The zero-order valence-electron chi connectivity index (χ0n) is 14.2. The van der Waals surface area contributed by atoms with Gasteiger partial charge in [0.05, 0.1) is 12.2 Å². The van der Waals surface area contributed by atoms with Crippen LogP contribution >= 0.6 is 0 Å². The Balaban J connectivity index is 1.62. The van der Waals surface area contributed by atoms with Crippen LogP contribution in [0.2, 0.25) is 0 Å². The van der Waals surface area contributed by atoms with Gasteiger partial charge in [-0.1, -0.05) is 24.3 Å². The lowest BCUT2D eigenvalue weighted by Crippen LogP contribution is -2.45. The molecule has 5 heteroatoms. The van der Waals surface area contributed by atoms with Gasteiger partial charge >= 0.3 is 0 Å². The highest BCUT2D eigenvalue weighted by Crippen LogP contribution is 2.17. The summed E-state index contributed by atoms with van der Waals surface area (Å²) in [7, 11) is 0. The molecule has 2 atom stereocenters. The predicted molar refractivity (Wildman–Crippen MR) is 93.5 cm³/mol. The van der Waals surface area contributed by atoms with Crippen molar-refractivity contribution in [1.29, 1.82) is 0 Å². The van der Waals surface area contributed by atoms with Crippen molar-refractivity contribution in [3.05, 3.63) is 35.4 Å². The molecule has 1 aromatic carbocycles. The average Bonchev–Trinajstić information content (AvgIpc) is 2.54. The minimum absolute atomic E-state index is 0.310. The third kappa shape index (κ3) is 4.69. The Kier molecular flexibility index (Phi) is 5.51. The van der Waals surface area contributed by atoms with Crippen LogP contribution in [0.5, 0.6) is 0 Å². The second kappa shape index (κ2) is 7.79. The largest absolute Gasteiger partial charge is 0.373 e. The van der Waals surface area contributed by atoms with Crippen molar-refractivity contribution in [2.45, 2.75) is 45.6 Å². The quantitative estimate of drug-likeness (QED) is 0.888. The minimum Gasteiger partial charge on any atom is -0.373 e. The van der Waals surface area contributed by atoms with E-state index in [4.69, 9.17) is 4.74 Å². The van der Waals surface area contributed by atoms with E-state index in [0.717, 1.165) is 51.6 Å². The molecular formula is C18H28N4O. The van der Waals surface area contributed by atoms with E-state index in [1.54, 1.807) is 0 Å². The van der Waals surface area contributed by atoms with E-state index < -0.39 is 0 Å². The zero-order chi connectivity index (χ0) is 16.1. The Hall–Kier alpha value is -1.59. The second-order valence-corrected chi connectivity index (χ2v) is 6.58. The smallest absolute Gasteiger partial charge is 0.191 e. The lowest BCUT2D eigenvalue weighted by Gasteiger charge is -2.35. The summed E-state index contributed by atoms with van der Waals surface area (Å²) in [6.45, 7) is 10.0. The number of nitrogens with zero attached hydrogens (tertiary/aromatic N) is 2. The fraction of sp³-hybridized carbons (Fsp3) is 0.611. The highest BCUT2D eigenvalue weighted by molar-refractivity contribution is 5.80. The molecule has 0 saturated carbocycles. The molecule has 126 valence electrons. The van der Waals surface area contributed by atoms with Gasteiger partial charge in [-0.05, 0) is 31.4 Å². The van der Waals surface area contributed by atoms with Gasteiger partial charge in [-0.15, -0.1) is 0 Å². The van der Waals surface area contributed by atoms with Crippen molar-refractivity contribution in [1.82, 2.24) is 15.5 Å². The van der Waals surface area contributed by atoms with E-state index in [1.165, 1.54) is 11.1 Å². The van der Waals surface area contributed by atoms with Gasteiger partial charge in [-0.3, -0.25) is 9.89 Å². The first kappa shape index (κ1) is 16.3. The Morgan fingerprint density at radius 1 is 1.22 bits per heavy atom. The summed E-state index contributed by atoms with van der Waals surface area (Å²) in [5.74, 6) is 0.930. The molecule has 0 aliphatic carbocycles. The van der Waals surface area contributed by atoms with Gasteiger partial charge in [-0.2, -0.15) is 0 Å². The van der Waals surface area contributed by atoms with Crippen molar-refractivity contribution in [2.24, 2.45) is 4.99 Å². The first-order valence-electron chi connectivity index (χ1n) is 8.67. The molecular weight excluding hydrogens is 288 g/mol. The molecule has 0 spiro atoms. The number of nitrogens with one attached hydrogen (secondary N) is 2. The highest BCUT2D eigenvalue weighted by atomic mass is 16.5. The van der Waals surface area contributed by atoms with Crippen LogP contribution in [0.3, 0.4) is 0 Å². The third-order valence-electron chi connectivity index (χ3n) is 4.35. The van der Waals surface area contributed by atoms with E-state index in [2.05, 4.69) is 58.6 Å². The van der Waals surface area contributed by atoms with Crippen molar-refractivity contribution in [2.75, 3.05) is 26.2 Å². The summed E-state index contributed by atoms with van der Waals surface area (Å²) >= 11 is 0. The van der Waals surface area contributed by atoms with Gasteiger partial charge < -0.3 is 15.4 Å². The van der Waals surface area contributed by atoms with Gasteiger partial charge in [0.1, 0.15) is 0 Å². The fourth-order valence-corrected chi connectivity index (χ4v) is 3.37. The Labute approximate surface area is 139 Å². The Bertz CT molecular complexity index is 536. The maximum absolute atomic E-state index is 5.83. The van der Waals surface area contributed by atoms with Crippen molar-refractivity contribution < 1.29 is 4.74 Å². The van der Waals surface area contributed by atoms with E-state index in [9.17, 15) is 0 Å². The summed E-state index contributed by atoms with van der Waals surface area (Å²) < 4.78 is 5.83. The number of morpholine rings is 1. The number of aliphatic imine (C=N–C) groups is 1. The van der Waals surface area contributed by atoms with Crippen LogP contribution in [0.15, 0.2) is 29.3 Å². The molecule has 0 aromatic heterocycles. The number of hydrogen-bond acceptors (Lipinski definition) is 5. The second-order valence-electron chi connectivity index (χ2n) is 6.58. The van der Waals surface area contributed by atoms with Gasteiger partial charge in [0.2, 0.25) is 0 Å². The predicted octanol–water partition coefficient (Wildman–Crippen LogP) is 1.73. The average molecular weight is 316 g/mol. The zero-order valence-corrected chi connectivity index (χ0v) is 14.2. The van der Waals surface area contributed by atoms with Crippen molar-refractivity contribution >= 4 is 5.96 Å². The van der Waals surface area contributed by atoms with Crippen molar-refractivity contribution in [3.8, 4) is 0 Å². The summed E-state index contributed by atoms with van der Waals surface area (Å²) in [4.78, 5) is 6.97. The molecule has 2 aliphatic heterocycles. The molecule has 2 unspecified atom stereocenters. The molecule has 1 fully saturated rings. The van der Waals surface area contributed by atoms with E-state index in [-0.39, 0.29) is 0 Å². The number of benzene rings is 1. The van der Waals surface area contributed by atoms with E-state index in [1.807, 2.05) is 0 Å². The molecule has 1 aromatic rings. The third-order valence-corrected chi connectivity index (χ3v) is 4.35. The molecule has 2 aliphatic rings. The first-order valence-corrected chi connectivity index (χ1v) is 8.67. The van der Waals surface area contributed by atoms with Gasteiger partial charge in [0.15, 0.2) is 5.96 Å². The van der Waals surface area contributed by atoms with Gasteiger partial charge in [0.25, 0.3) is 0 Å². The summed E-state index contributed by atoms with van der Waals surface area (Å²) in [5, 5.41) is 6.74. The number of hydrogen-bond donors (Lipinski definition) is 2. The van der Waals surface area contributed by atoms with Crippen LogP contribution in [0, 0.1) is 0 Å². The topological polar surface area (TPSA) is 48.9 Å². The van der Waals surface area contributed by atoms with Crippen LogP contribution < -0.4 is 10.6 Å². The van der Waals surface area contributed by atoms with Crippen LogP contribution in [0.4, 0.5) is 0 Å². The standard InChI is InChI=1S/C18H28N4O/c1-14-11-22(12-15(2)23-14)13-17-7-4-3-6-16(17)10-21-18-19-8-5-9-20-18/h3-4,6-7,14-15H,5,8-13H2,1-2H3,(H2,19,20,21). The summed E-state index contributed by atoms with van der Waals surface area (Å²) in [6, 6.07) is 8.68. The minimum atomic E-state index is 0.310. The van der Waals surface area contributed by atoms with E-state index >= 15 is 0 Å². The number of rotatable bonds is 4. The monoisotopic (exact) mass is 316 g/mol. The molecule has 0 radical (unpaired) electrons. The SMILES string of the molecule is CC1CN(Cc2ccccc2CNC2=NCCCN2)CC(C)O1. The molecule has 0 bridgehead atoms. The molecule has 0 amide bonds. The molecule has 23 heavy (non-hydrogen) atoms. The van der Waals surface area contributed by atoms with E-state index in [0.29, 0.717) is 12.2 Å².